The predicted molar refractivity (Wildman–Crippen MR) is 59.5 cm³/mol. The smallest absolute Gasteiger partial charge is 0.170 e. The van der Waals surface area contributed by atoms with Crippen molar-refractivity contribution in [2.75, 3.05) is 0 Å². The van der Waals surface area contributed by atoms with E-state index in [1.165, 1.54) is 5.56 Å². The average Bonchev–Trinajstić information content (AvgIpc) is 2.70. The maximum atomic E-state index is 5.53. The molecule has 78 valence electrons. The topological polar surface area (TPSA) is 69.6 Å². The number of benzene rings is 1. The third kappa shape index (κ3) is 1.91. The molecule has 1 aromatic heterocycles. The number of rotatable bonds is 2. The van der Waals surface area contributed by atoms with Crippen molar-refractivity contribution in [3.8, 4) is 5.69 Å². The van der Waals surface area contributed by atoms with Crippen LogP contribution in [0, 0.1) is 6.92 Å². The van der Waals surface area contributed by atoms with Crippen molar-refractivity contribution in [2.45, 2.75) is 13.5 Å². The van der Waals surface area contributed by atoms with Crippen LogP contribution in [0.2, 0.25) is 0 Å². The number of tetrazole rings is 1. The summed E-state index contributed by atoms with van der Waals surface area (Å²) in [4.78, 5) is 0. The van der Waals surface area contributed by atoms with Gasteiger partial charge in [0.25, 0.3) is 0 Å². The molecule has 1 aromatic carbocycles. The van der Waals surface area contributed by atoms with E-state index in [9.17, 15) is 0 Å². The average molecular weight is 268 g/mol. The lowest BCUT2D eigenvalue weighted by Crippen LogP contribution is -2.08. The Labute approximate surface area is 95.4 Å². The summed E-state index contributed by atoms with van der Waals surface area (Å²) in [5.41, 5.74) is 7.59. The lowest BCUT2D eigenvalue weighted by Gasteiger charge is -2.04. The first kappa shape index (κ1) is 10.3. The number of hydrogen-bond acceptors (Lipinski definition) is 4. The first-order chi connectivity index (χ1) is 7.22. The van der Waals surface area contributed by atoms with Crippen molar-refractivity contribution in [2.24, 2.45) is 5.73 Å². The van der Waals surface area contributed by atoms with Crippen LogP contribution in [0.4, 0.5) is 0 Å². The largest absolute Gasteiger partial charge is 0.324 e. The van der Waals surface area contributed by atoms with Crippen molar-refractivity contribution in [1.82, 2.24) is 20.2 Å². The molecule has 0 unspecified atom stereocenters. The van der Waals surface area contributed by atoms with E-state index < -0.39 is 0 Å². The summed E-state index contributed by atoms with van der Waals surface area (Å²) in [7, 11) is 0. The normalized spacial score (nSPS) is 10.6. The molecule has 0 saturated heterocycles. The molecule has 0 aliphatic rings. The third-order valence-corrected chi connectivity index (χ3v) is 2.97. The Morgan fingerprint density at radius 3 is 2.93 bits per heavy atom. The van der Waals surface area contributed by atoms with E-state index >= 15 is 0 Å². The summed E-state index contributed by atoms with van der Waals surface area (Å²) in [6.07, 6.45) is 0. The summed E-state index contributed by atoms with van der Waals surface area (Å²) in [5.74, 6) is 0.644. The predicted octanol–water partition coefficient (Wildman–Crippen LogP) is 1.19. The van der Waals surface area contributed by atoms with Crippen molar-refractivity contribution >= 4 is 15.9 Å². The summed E-state index contributed by atoms with van der Waals surface area (Å²) >= 11 is 3.46. The molecule has 2 aromatic rings. The second-order valence-electron chi connectivity index (χ2n) is 3.14. The molecule has 0 radical (unpaired) electrons. The van der Waals surface area contributed by atoms with Gasteiger partial charge in [-0.3, -0.25) is 0 Å². The van der Waals surface area contributed by atoms with Crippen LogP contribution in [-0.2, 0) is 6.54 Å². The van der Waals surface area contributed by atoms with Crippen LogP contribution >= 0.6 is 15.9 Å². The highest BCUT2D eigenvalue weighted by Gasteiger charge is 2.06. The Kier molecular flexibility index (Phi) is 2.79. The maximum Gasteiger partial charge on any atom is 0.170 e. The van der Waals surface area contributed by atoms with Gasteiger partial charge in [0, 0.05) is 4.47 Å². The molecule has 6 heteroatoms. The molecule has 0 bridgehead atoms. The fourth-order valence-corrected chi connectivity index (χ4v) is 1.61. The van der Waals surface area contributed by atoms with E-state index in [1.807, 2.05) is 25.1 Å². The van der Waals surface area contributed by atoms with E-state index in [-0.39, 0.29) is 0 Å². The lowest BCUT2D eigenvalue weighted by molar-refractivity contribution is 0.761. The lowest BCUT2D eigenvalue weighted by atomic mass is 10.2. The highest BCUT2D eigenvalue weighted by atomic mass is 79.9. The molecule has 1 heterocycles. The molecule has 0 aliphatic heterocycles. The zero-order valence-corrected chi connectivity index (χ0v) is 9.77. The Morgan fingerprint density at radius 2 is 2.27 bits per heavy atom. The molecule has 0 atom stereocenters. The zero-order chi connectivity index (χ0) is 10.8. The second-order valence-corrected chi connectivity index (χ2v) is 4.00. The highest BCUT2D eigenvalue weighted by Crippen LogP contribution is 2.19. The minimum Gasteiger partial charge on any atom is -0.324 e. The van der Waals surface area contributed by atoms with Gasteiger partial charge in [0.05, 0.1) is 12.2 Å². The van der Waals surface area contributed by atoms with Crippen molar-refractivity contribution in [3.63, 3.8) is 0 Å². The van der Waals surface area contributed by atoms with E-state index in [2.05, 4.69) is 31.5 Å². The number of aryl methyl sites for hydroxylation is 1. The maximum absolute atomic E-state index is 5.53. The molecule has 0 aliphatic carbocycles. The molecule has 0 amide bonds. The monoisotopic (exact) mass is 267 g/mol. The number of aromatic nitrogens is 4. The first-order valence-corrected chi connectivity index (χ1v) is 5.25. The molecular formula is C9H10BrN5. The van der Waals surface area contributed by atoms with Crippen molar-refractivity contribution in [1.29, 1.82) is 0 Å². The van der Waals surface area contributed by atoms with Gasteiger partial charge in [-0.15, -0.1) is 5.10 Å². The minimum atomic E-state index is 0.318. The highest BCUT2D eigenvalue weighted by molar-refractivity contribution is 9.10. The fraction of sp³-hybridized carbons (Fsp3) is 0.222. The van der Waals surface area contributed by atoms with Crippen molar-refractivity contribution < 1.29 is 0 Å². The van der Waals surface area contributed by atoms with Crippen LogP contribution in [0.3, 0.4) is 0 Å². The third-order valence-electron chi connectivity index (χ3n) is 2.12. The molecule has 0 spiro atoms. The van der Waals surface area contributed by atoms with Crippen LogP contribution in [0.1, 0.15) is 11.4 Å². The van der Waals surface area contributed by atoms with Gasteiger partial charge in [-0.05, 0) is 35.0 Å². The van der Waals surface area contributed by atoms with Gasteiger partial charge in [0.1, 0.15) is 0 Å². The van der Waals surface area contributed by atoms with Gasteiger partial charge < -0.3 is 5.73 Å². The van der Waals surface area contributed by atoms with Gasteiger partial charge in [0.15, 0.2) is 5.82 Å². The van der Waals surface area contributed by atoms with E-state index in [4.69, 9.17) is 5.73 Å². The Morgan fingerprint density at radius 1 is 1.47 bits per heavy atom. The van der Waals surface area contributed by atoms with Gasteiger partial charge in [-0.1, -0.05) is 22.0 Å². The zero-order valence-electron chi connectivity index (χ0n) is 8.18. The summed E-state index contributed by atoms with van der Waals surface area (Å²) in [6, 6.07) is 5.92. The molecule has 2 N–H and O–H groups in total. The van der Waals surface area contributed by atoms with Gasteiger partial charge in [-0.2, -0.15) is 4.68 Å². The van der Waals surface area contributed by atoms with Gasteiger partial charge in [-0.25, -0.2) is 0 Å². The van der Waals surface area contributed by atoms with Crippen LogP contribution in [0.15, 0.2) is 22.7 Å². The van der Waals surface area contributed by atoms with E-state index in [0.717, 1.165) is 10.2 Å². The second kappa shape index (κ2) is 4.08. The Balaban J connectivity index is 2.50. The number of nitrogens with two attached hydrogens (primary N) is 1. The standard InChI is InChI=1S/C9H10BrN5/c1-6-2-3-7(4-8(6)10)15-9(5-11)12-13-14-15/h2-4H,5,11H2,1H3. The Bertz CT molecular complexity index is 479. The van der Waals surface area contributed by atoms with E-state index in [1.54, 1.807) is 4.68 Å². The van der Waals surface area contributed by atoms with Gasteiger partial charge in [0.2, 0.25) is 0 Å². The molecule has 5 nitrogen and oxygen atoms in total. The summed E-state index contributed by atoms with van der Waals surface area (Å²) in [5, 5.41) is 11.3. The Hall–Kier alpha value is -1.27. The quantitative estimate of drug-likeness (QED) is 0.888. The minimum absolute atomic E-state index is 0.318. The molecule has 0 saturated carbocycles. The SMILES string of the molecule is Cc1ccc(-n2nnnc2CN)cc1Br. The summed E-state index contributed by atoms with van der Waals surface area (Å²) in [6.45, 7) is 2.34. The number of halogens is 1. The number of hydrogen-bond donors (Lipinski definition) is 1. The summed E-state index contributed by atoms with van der Waals surface area (Å²) < 4.78 is 2.66. The fourth-order valence-electron chi connectivity index (χ4n) is 1.25. The van der Waals surface area contributed by atoms with Crippen LogP contribution in [0.25, 0.3) is 5.69 Å². The molecular weight excluding hydrogens is 258 g/mol. The van der Waals surface area contributed by atoms with Gasteiger partial charge >= 0.3 is 0 Å². The molecule has 0 fully saturated rings. The number of nitrogens with zero attached hydrogens (tertiary/aromatic N) is 4. The first-order valence-electron chi connectivity index (χ1n) is 4.46. The van der Waals surface area contributed by atoms with Crippen LogP contribution in [0.5, 0.6) is 0 Å². The van der Waals surface area contributed by atoms with E-state index in [0.29, 0.717) is 12.4 Å². The van der Waals surface area contributed by atoms with Crippen molar-refractivity contribution in [3.05, 3.63) is 34.1 Å². The molecule has 15 heavy (non-hydrogen) atoms. The van der Waals surface area contributed by atoms with Crippen LogP contribution in [-0.4, -0.2) is 20.2 Å². The van der Waals surface area contributed by atoms with Crippen LogP contribution < -0.4 is 5.73 Å². The molecule has 2 rings (SSSR count).